The van der Waals surface area contributed by atoms with Gasteiger partial charge in [0.25, 0.3) is 6.43 Å². The molecule has 2 N–H and O–H groups in total. The second-order valence-electron chi connectivity index (χ2n) is 5.36. The van der Waals surface area contributed by atoms with Crippen LogP contribution in [0.3, 0.4) is 0 Å². The van der Waals surface area contributed by atoms with E-state index in [1.807, 2.05) is 0 Å². The number of nitrogen functional groups attached to an aromatic ring is 1. The van der Waals surface area contributed by atoms with Crippen LogP contribution in [0.2, 0.25) is 0 Å². The molecule has 1 aromatic heterocycles. The molecule has 3 nitrogen and oxygen atoms in total. The summed E-state index contributed by atoms with van der Waals surface area (Å²) < 4.78 is 61.4. The number of nitrogens with two attached hydrogens (primary N) is 1. The number of benzene rings is 2. The standard InChI is InChI=1S/C18H14F4N2O/c1-25-15-7-2-10(8-14(15)19)16-13(17(20)21)9-24(18(16)22)12-5-3-11(23)4-6-12/h2-9,17H,23H2,1H3. The van der Waals surface area contributed by atoms with Crippen LogP contribution in [0.25, 0.3) is 16.8 Å². The normalized spacial score (nSPS) is 11.1. The van der Waals surface area contributed by atoms with E-state index in [2.05, 4.69) is 0 Å². The average Bonchev–Trinajstić information content (AvgIpc) is 2.93. The van der Waals surface area contributed by atoms with E-state index in [4.69, 9.17) is 10.5 Å². The third-order valence-corrected chi connectivity index (χ3v) is 3.82. The van der Waals surface area contributed by atoms with Crippen LogP contribution in [0.5, 0.6) is 5.75 Å². The fraction of sp³-hybridized carbons (Fsp3) is 0.111. The van der Waals surface area contributed by atoms with Gasteiger partial charge in [0.15, 0.2) is 11.6 Å². The fourth-order valence-electron chi connectivity index (χ4n) is 2.60. The molecule has 0 aliphatic heterocycles. The van der Waals surface area contributed by atoms with Crippen LogP contribution in [0.15, 0.2) is 48.7 Å². The van der Waals surface area contributed by atoms with Crippen LogP contribution in [0.1, 0.15) is 12.0 Å². The summed E-state index contributed by atoms with van der Waals surface area (Å²) >= 11 is 0. The Kier molecular flexibility index (Phi) is 4.39. The summed E-state index contributed by atoms with van der Waals surface area (Å²) in [7, 11) is 1.28. The van der Waals surface area contributed by atoms with Gasteiger partial charge in [0.1, 0.15) is 0 Å². The molecule has 25 heavy (non-hydrogen) atoms. The Morgan fingerprint density at radius 3 is 2.28 bits per heavy atom. The number of anilines is 1. The number of hydrogen-bond donors (Lipinski definition) is 1. The highest BCUT2D eigenvalue weighted by Crippen LogP contribution is 2.37. The fourth-order valence-corrected chi connectivity index (χ4v) is 2.60. The molecule has 0 saturated heterocycles. The highest BCUT2D eigenvalue weighted by atomic mass is 19.3. The molecular formula is C18H14F4N2O. The Balaban J connectivity index is 2.19. The molecule has 0 fully saturated rings. The number of methoxy groups -OCH3 is 1. The molecule has 0 atom stereocenters. The van der Waals surface area contributed by atoms with E-state index in [0.29, 0.717) is 11.4 Å². The minimum absolute atomic E-state index is 0.000273. The summed E-state index contributed by atoms with van der Waals surface area (Å²) in [5.41, 5.74) is 5.49. The van der Waals surface area contributed by atoms with Gasteiger partial charge in [0.05, 0.1) is 7.11 Å². The quantitative estimate of drug-likeness (QED) is 0.534. The monoisotopic (exact) mass is 350 g/mol. The van der Waals surface area contributed by atoms with Crippen LogP contribution in [0.4, 0.5) is 23.2 Å². The van der Waals surface area contributed by atoms with Crippen molar-refractivity contribution in [3.63, 3.8) is 0 Å². The van der Waals surface area contributed by atoms with Crippen molar-refractivity contribution in [2.75, 3.05) is 12.8 Å². The maximum Gasteiger partial charge on any atom is 0.266 e. The zero-order valence-corrected chi connectivity index (χ0v) is 13.1. The second kappa shape index (κ2) is 6.51. The van der Waals surface area contributed by atoms with E-state index in [1.165, 1.54) is 43.5 Å². The lowest BCUT2D eigenvalue weighted by molar-refractivity contribution is 0.152. The van der Waals surface area contributed by atoms with Crippen molar-refractivity contribution in [2.45, 2.75) is 6.43 Å². The predicted molar refractivity (Wildman–Crippen MR) is 87.0 cm³/mol. The molecule has 0 radical (unpaired) electrons. The lowest BCUT2D eigenvalue weighted by atomic mass is 10.0. The number of aromatic nitrogens is 1. The van der Waals surface area contributed by atoms with Crippen molar-refractivity contribution in [3.8, 4) is 22.6 Å². The van der Waals surface area contributed by atoms with Gasteiger partial charge in [-0.2, -0.15) is 4.39 Å². The summed E-state index contributed by atoms with van der Waals surface area (Å²) in [6.45, 7) is 0. The molecule has 2 aromatic carbocycles. The molecule has 3 aromatic rings. The molecular weight excluding hydrogens is 336 g/mol. The summed E-state index contributed by atoms with van der Waals surface area (Å²) in [4.78, 5) is 0. The molecule has 1 heterocycles. The molecule has 0 bridgehead atoms. The van der Waals surface area contributed by atoms with Crippen molar-refractivity contribution in [3.05, 3.63) is 66.0 Å². The highest BCUT2D eigenvalue weighted by Gasteiger charge is 2.25. The van der Waals surface area contributed by atoms with Crippen LogP contribution >= 0.6 is 0 Å². The van der Waals surface area contributed by atoms with Crippen LogP contribution in [0, 0.1) is 11.8 Å². The van der Waals surface area contributed by atoms with Crippen LogP contribution < -0.4 is 10.5 Å². The number of nitrogens with zero attached hydrogens (tertiary/aromatic N) is 1. The molecule has 0 aliphatic carbocycles. The first-order chi connectivity index (χ1) is 11.9. The van der Waals surface area contributed by atoms with E-state index in [9.17, 15) is 17.6 Å². The van der Waals surface area contributed by atoms with Gasteiger partial charge in [0, 0.05) is 28.7 Å². The smallest absolute Gasteiger partial charge is 0.266 e. The van der Waals surface area contributed by atoms with Gasteiger partial charge in [-0.25, -0.2) is 13.2 Å². The number of rotatable bonds is 4. The highest BCUT2D eigenvalue weighted by molar-refractivity contribution is 5.70. The largest absolute Gasteiger partial charge is 0.494 e. The Morgan fingerprint density at radius 2 is 1.72 bits per heavy atom. The number of halogens is 4. The number of hydrogen-bond acceptors (Lipinski definition) is 2. The zero-order chi connectivity index (χ0) is 18.1. The minimum Gasteiger partial charge on any atom is -0.494 e. The first-order valence-electron chi connectivity index (χ1n) is 7.31. The molecule has 0 unspecified atom stereocenters. The van der Waals surface area contributed by atoms with Crippen LogP contribution in [-0.4, -0.2) is 11.7 Å². The topological polar surface area (TPSA) is 40.2 Å². The van der Waals surface area contributed by atoms with E-state index < -0.39 is 23.8 Å². The molecule has 3 rings (SSSR count). The Morgan fingerprint density at radius 1 is 1.04 bits per heavy atom. The molecule has 7 heteroatoms. The summed E-state index contributed by atoms with van der Waals surface area (Å²) in [5, 5.41) is 0. The molecule has 0 amide bonds. The Labute approximate surface area is 141 Å². The second-order valence-corrected chi connectivity index (χ2v) is 5.36. The molecule has 0 saturated carbocycles. The first-order valence-corrected chi connectivity index (χ1v) is 7.31. The van der Waals surface area contributed by atoms with Gasteiger partial charge in [-0.15, -0.1) is 0 Å². The number of alkyl halides is 2. The minimum atomic E-state index is -2.93. The van der Waals surface area contributed by atoms with E-state index >= 15 is 0 Å². The van der Waals surface area contributed by atoms with Gasteiger partial charge in [-0.1, -0.05) is 6.07 Å². The van der Waals surface area contributed by atoms with E-state index in [0.717, 1.165) is 16.8 Å². The van der Waals surface area contributed by atoms with Crippen LogP contribution in [-0.2, 0) is 0 Å². The summed E-state index contributed by atoms with van der Waals surface area (Å²) in [5.74, 6) is -1.73. The van der Waals surface area contributed by atoms with Crippen molar-refractivity contribution < 1.29 is 22.3 Å². The summed E-state index contributed by atoms with van der Waals surface area (Å²) in [6.07, 6.45) is -1.92. The SMILES string of the molecule is COc1ccc(-c2c(C(F)F)cn(-c3ccc(N)cc3)c2F)cc1F. The molecule has 0 aliphatic rings. The van der Waals surface area contributed by atoms with E-state index in [1.54, 1.807) is 0 Å². The van der Waals surface area contributed by atoms with Gasteiger partial charge >= 0.3 is 0 Å². The maximum absolute atomic E-state index is 14.9. The van der Waals surface area contributed by atoms with Gasteiger partial charge in [-0.05, 0) is 42.0 Å². The van der Waals surface area contributed by atoms with Crippen molar-refractivity contribution in [1.82, 2.24) is 4.57 Å². The van der Waals surface area contributed by atoms with Crippen molar-refractivity contribution in [2.24, 2.45) is 0 Å². The number of ether oxygens (including phenoxy) is 1. The lowest BCUT2D eigenvalue weighted by Gasteiger charge is -2.07. The lowest BCUT2D eigenvalue weighted by Crippen LogP contribution is -1.97. The van der Waals surface area contributed by atoms with Gasteiger partial charge < -0.3 is 10.5 Å². The first kappa shape index (κ1) is 16.9. The van der Waals surface area contributed by atoms with Gasteiger partial charge in [-0.3, -0.25) is 4.57 Å². The Hall–Kier alpha value is -2.96. The predicted octanol–water partition coefficient (Wildman–Crippen LogP) is 4.95. The van der Waals surface area contributed by atoms with Gasteiger partial charge in [0.2, 0.25) is 5.95 Å². The molecule has 130 valence electrons. The average molecular weight is 350 g/mol. The molecule has 0 spiro atoms. The zero-order valence-electron chi connectivity index (χ0n) is 13.1. The van der Waals surface area contributed by atoms with Crippen molar-refractivity contribution >= 4 is 5.69 Å². The summed E-state index contributed by atoms with van der Waals surface area (Å²) in [6, 6.07) is 9.64. The third kappa shape index (κ3) is 3.05. The van der Waals surface area contributed by atoms with Crippen molar-refractivity contribution in [1.29, 1.82) is 0 Å². The Bertz CT molecular complexity index is 904. The maximum atomic E-state index is 14.9. The van der Waals surface area contributed by atoms with E-state index in [-0.39, 0.29) is 16.9 Å². The third-order valence-electron chi connectivity index (χ3n) is 3.82.